The van der Waals surface area contributed by atoms with E-state index in [1.807, 2.05) is 44.2 Å². The third kappa shape index (κ3) is 4.86. The van der Waals surface area contributed by atoms with Crippen LogP contribution in [0.1, 0.15) is 25.8 Å². The first-order valence-electron chi connectivity index (χ1n) is 6.77. The number of carbonyl (C=O) groups is 1. The Morgan fingerprint density at radius 2 is 2.05 bits per heavy atom. The van der Waals surface area contributed by atoms with Gasteiger partial charge < -0.3 is 9.47 Å². The van der Waals surface area contributed by atoms with Crippen molar-refractivity contribution in [1.29, 1.82) is 0 Å². The molecule has 0 aliphatic carbocycles. The van der Waals surface area contributed by atoms with Gasteiger partial charge in [0.25, 0.3) is 0 Å². The molecule has 3 nitrogen and oxygen atoms in total. The molecule has 1 aromatic heterocycles. The molecule has 1 unspecified atom stereocenters. The highest BCUT2D eigenvalue weighted by Crippen LogP contribution is 2.32. The normalized spacial score (nSPS) is 12.0. The standard InChI is InChI=1S/C16H17BrO3S/c1-3-11(2)16(18)20-15-8-7-14(21-15)19-10-12-5-4-6-13(17)9-12/h4-9,11H,3,10H2,1-2H3. The fourth-order valence-corrected chi connectivity index (χ4v) is 2.74. The smallest absolute Gasteiger partial charge is 0.314 e. The number of carbonyl (C=O) groups excluding carboxylic acids is 1. The zero-order valence-corrected chi connectivity index (χ0v) is 14.4. The van der Waals surface area contributed by atoms with E-state index in [2.05, 4.69) is 15.9 Å². The van der Waals surface area contributed by atoms with Crippen LogP contribution in [-0.2, 0) is 11.4 Å². The molecule has 112 valence electrons. The maximum absolute atomic E-state index is 11.7. The Balaban J connectivity index is 1.90. The molecular weight excluding hydrogens is 352 g/mol. The lowest BCUT2D eigenvalue weighted by molar-refractivity contribution is -0.138. The number of ether oxygens (including phenoxy) is 2. The lowest BCUT2D eigenvalue weighted by Crippen LogP contribution is -2.16. The number of benzene rings is 1. The number of halogens is 1. The fraction of sp³-hybridized carbons (Fsp3) is 0.312. The van der Waals surface area contributed by atoms with Crippen molar-refractivity contribution in [2.75, 3.05) is 0 Å². The van der Waals surface area contributed by atoms with Crippen molar-refractivity contribution in [2.24, 2.45) is 5.92 Å². The number of thiophene rings is 1. The molecule has 0 radical (unpaired) electrons. The van der Waals surface area contributed by atoms with Crippen LogP contribution in [0.15, 0.2) is 40.9 Å². The molecule has 0 bridgehead atoms. The summed E-state index contributed by atoms with van der Waals surface area (Å²) < 4.78 is 12.0. The summed E-state index contributed by atoms with van der Waals surface area (Å²) >= 11 is 4.77. The monoisotopic (exact) mass is 368 g/mol. The Morgan fingerprint density at radius 3 is 2.76 bits per heavy atom. The van der Waals surface area contributed by atoms with Crippen molar-refractivity contribution < 1.29 is 14.3 Å². The largest absolute Gasteiger partial charge is 0.479 e. The molecule has 0 aliphatic rings. The second-order valence-corrected chi connectivity index (χ2v) is 6.65. The molecule has 21 heavy (non-hydrogen) atoms. The minimum Gasteiger partial charge on any atom is -0.479 e. The molecule has 0 saturated carbocycles. The molecule has 0 N–H and O–H groups in total. The summed E-state index contributed by atoms with van der Waals surface area (Å²) in [6, 6.07) is 11.5. The van der Waals surface area contributed by atoms with Crippen LogP contribution in [0, 0.1) is 5.92 Å². The maximum atomic E-state index is 11.7. The molecule has 2 rings (SSSR count). The Hall–Kier alpha value is -1.33. The third-order valence-corrected chi connectivity index (χ3v) is 4.41. The van der Waals surface area contributed by atoms with Crippen molar-refractivity contribution in [3.63, 3.8) is 0 Å². The third-order valence-electron chi connectivity index (χ3n) is 3.04. The van der Waals surface area contributed by atoms with Gasteiger partial charge >= 0.3 is 5.97 Å². The highest BCUT2D eigenvalue weighted by Gasteiger charge is 2.14. The highest BCUT2D eigenvalue weighted by atomic mass is 79.9. The van der Waals surface area contributed by atoms with E-state index in [0.29, 0.717) is 11.7 Å². The van der Waals surface area contributed by atoms with E-state index in [9.17, 15) is 4.79 Å². The number of hydrogen-bond acceptors (Lipinski definition) is 4. The van der Waals surface area contributed by atoms with Crippen LogP contribution in [0.3, 0.4) is 0 Å². The van der Waals surface area contributed by atoms with Gasteiger partial charge in [-0.2, -0.15) is 0 Å². The quantitative estimate of drug-likeness (QED) is 0.669. The molecule has 1 heterocycles. The number of esters is 1. The van der Waals surface area contributed by atoms with Crippen molar-refractivity contribution in [3.8, 4) is 10.1 Å². The molecule has 0 fully saturated rings. The van der Waals surface area contributed by atoms with Crippen LogP contribution in [-0.4, -0.2) is 5.97 Å². The average Bonchev–Trinajstić information content (AvgIpc) is 2.92. The summed E-state index contributed by atoms with van der Waals surface area (Å²) in [6.45, 7) is 4.31. The summed E-state index contributed by atoms with van der Waals surface area (Å²) in [4.78, 5) is 11.7. The summed E-state index contributed by atoms with van der Waals surface area (Å²) in [7, 11) is 0. The van der Waals surface area contributed by atoms with E-state index >= 15 is 0 Å². The minimum absolute atomic E-state index is 0.0851. The molecule has 0 spiro atoms. The van der Waals surface area contributed by atoms with Crippen molar-refractivity contribution in [3.05, 3.63) is 46.4 Å². The number of hydrogen-bond donors (Lipinski definition) is 0. The Labute approximate surface area is 137 Å². The zero-order chi connectivity index (χ0) is 15.2. The van der Waals surface area contributed by atoms with Gasteiger partial charge in [-0.25, -0.2) is 0 Å². The molecule has 0 saturated heterocycles. The van der Waals surface area contributed by atoms with Crippen molar-refractivity contribution in [1.82, 2.24) is 0 Å². The van der Waals surface area contributed by atoms with Gasteiger partial charge in [-0.1, -0.05) is 53.2 Å². The highest BCUT2D eigenvalue weighted by molar-refractivity contribution is 9.10. The second-order valence-electron chi connectivity index (χ2n) is 4.72. The Morgan fingerprint density at radius 1 is 1.29 bits per heavy atom. The predicted molar refractivity (Wildman–Crippen MR) is 87.9 cm³/mol. The Kier molecular flexibility index (Phi) is 5.82. The van der Waals surface area contributed by atoms with Gasteiger partial charge in [0.05, 0.1) is 5.92 Å². The van der Waals surface area contributed by atoms with Crippen molar-refractivity contribution in [2.45, 2.75) is 26.9 Å². The first-order valence-corrected chi connectivity index (χ1v) is 8.38. The molecule has 1 aromatic carbocycles. The minimum atomic E-state index is -0.196. The van der Waals surface area contributed by atoms with E-state index in [4.69, 9.17) is 9.47 Å². The first-order chi connectivity index (χ1) is 10.1. The van der Waals surface area contributed by atoms with Crippen LogP contribution in [0.25, 0.3) is 0 Å². The second kappa shape index (κ2) is 7.61. The van der Waals surface area contributed by atoms with Gasteiger partial charge in [0.2, 0.25) is 0 Å². The molecular formula is C16H17BrO3S. The SMILES string of the molecule is CCC(C)C(=O)Oc1ccc(OCc2cccc(Br)c2)s1. The van der Waals surface area contributed by atoms with Gasteiger partial charge in [0, 0.05) is 4.47 Å². The predicted octanol–water partition coefficient (Wildman–Crippen LogP) is 5.04. The fourth-order valence-electron chi connectivity index (χ4n) is 1.58. The van der Waals surface area contributed by atoms with Gasteiger partial charge in [0.15, 0.2) is 10.1 Å². The average molecular weight is 369 g/mol. The van der Waals surface area contributed by atoms with Gasteiger partial charge in [-0.15, -0.1) is 0 Å². The van der Waals surface area contributed by atoms with Crippen LogP contribution in [0.4, 0.5) is 0 Å². The van der Waals surface area contributed by atoms with Gasteiger partial charge in [0.1, 0.15) is 6.61 Å². The van der Waals surface area contributed by atoms with Crippen molar-refractivity contribution >= 4 is 33.2 Å². The number of rotatable bonds is 6. The van der Waals surface area contributed by atoms with Crippen LogP contribution in [0.2, 0.25) is 0 Å². The topological polar surface area (TPSA) is 35.5 Å². The van der Waals surface area contributed by atoms with Gasteiger partial charge in [-0.05, 0) is 36.2 Å². The molecule has 2 aromatic rings. The zero-order valence-electron chi connectivity index (χ0n) is 12.0. The van der Waals surface area contributed by atoms with Crippen LogP contribution < -0.4 is 9.47 Å². The van der Waals surface area contributed by atoms with E-state index in [1.54, 1.807) is 6.07 Å². The first kappa shape index (κ1) is 16.0. The lowest BCUT2D eigenvalue weighted by atomic mass is 10.1. The maximum Gasteiger partial charge on any atom is 0.314 e. The van der Waals surface area contributed by atoms with E-state index in [0.717, 1.165) is 21.5 Å². The van der Waals surface area contributed by atoms with E-state index in [1.165, 1.54) is 11.3 Å². The van der Waals surface area contributed by atoms with Crippen LogP contribution >= 0.6 is 27.3 Å². The summed E-state index contributed by atoms with van der Waals surface area (Å²) in [5.74, 6) is -0.281. The summed E-state index contributed by atoms with van der Waals surface area (Å²) in [6.07, 6.45) is 0.774. The van der Waals surface area contributed by atoms with E-state index in [-0.39, 0.29) is 11.9 Å². The molecule has 0 aliphatic heterocycles. The Bertz CT molecular complexity index is 609. The molecule has 1 atom stereocenters. The van der Waals surface area contributed by atoms with Crippen LogP contribution in [0.5, 0.6) is 10.1 Å². The van der Waals surface area contributed by atoms with Gasteiger partial charge in [-0.3, -0.25) is 4.79 Å². The molecule has 0 amide bonds. The lowest BCUT2D eigenvalue weighted by Gasteiger charge is -2.06. The molecule has 5 heteroatoms. The van der Waals surface area contributed by atoms with E-state index < -0.39 is 0 Å². The summed E-state index contributed by atoms with van der Waals surface area (Å²) in [5, 5.41) is 1.31. The summed E-state index contributed by atoms with van der Waals surface area (Å²) in [5.41, 5.74) is 1.08.